The van der Waals surface area contributed by atoms with Gasteiger partial charge in [0.15, 0.2) is 5.60 Å². The molecule has 0 atom stereocenters. The Labute approximate surface area is 87.6 Å². The minimum Gasteiger partial charge on any atom is -0.550 e. The van der Waals surface area contributed by atoms with Gasteiger partial charge in [-0.1, -0.05) is 6.42 Å². The number of hydrogen-bond acceptors (Lipinski definition) is 5. The summed E-state index contributed by atoms with van der Waals surface area (Å²) in [6, 6.07) is 1.97. The van der Waals surface area contributed by atoms with E-state index in [9.17, 15) is 14.7 Å². The fourth-order valence-corrected chi connectivity index (χ4v) is 1.73. The summed E-state index contributed by atoms with van der Waals surface area (Å²) in [5.41, 5.74) is -1.11. The molecule has 0 radical (unpaired) electrons. The summed E-state index contributed by atoms with van der Waals surface area (Å²) in [6.45, 7) is 0. The molecule has 0 aromatic heterocycles. The van der Waals surface area contributed by atoms with E-state index in [1.165, 1.54) is 0 Å². The van der Waals surface area contributed by atoms with E-state index in [2.05, 4.69) is 0 Å². The van der Waals surface area contributed by atoms with Gasteiger partial charge in [0.2, 0.25) is 0 Å². The Morgan fingerprint density at radius 1 is 1.33 bits per heavy atom. The molecule has 0 aromatic rings. The van der Waals surface area contributed by atoms with Crippen molar-refractivity contribution in [2.75, 3.05) is 0 Å². The molecule has 0 saturated heterocycles. The number of carboxylic acids is 1. The predicted molar refractivity (Wildman–Crippen MR) is 47.1 cm³/mol. The van der Waals surface area contributed by atoms with Crippen LogP contribution in [0.2, 0.25) is 0 Å². The highest BCUT2D eigenvalue weighted by atomic mass is 16.6. The van der Waals surface area contributed by atoms with Gasteiger partial charge in [0.25, 0.3) is 0 Å². The third-order valence-electron chi connectivity index (χ3n) is 2.46. The molecule has 0 spiro atoms. The minimum atomic E-state index is -1.48. The molecule has 1 fully saturated rings. The van der Waals surface area contributed by atoms with Crippen LogP contribution < -0.4 is 5.11 Å². The van der Waals surface area contributed by atoms with Crippen molar-refractivity contribution in [1.82, 2.24) is 0 Å². The van der Waals surface area contributed by atoms with Gasteiger partial charge in [-0.3, -0.25) is 4.79 Å². The van der Waals surface area contributed by atoms with E-state index >= 15 is 0 Å². The number of rotatable bonds is 3. The molecule has 5 heteroatoms. The molecule has 0 bridgehead atoms. The van der Waals surface area contributed by atoms with Crippen molar-refractivity contribution >= 4 is 11.9 Å². The highest BCUT2D eigenvalue weighted by molar-refractivity contribution is 5.89. The second kappa shape index (κ2) is 4.78. The molecule has 0 N–H and O–H groups in total. The average Bonchev–Trinajstić information content (AvgIpc) is 2.17. The van der Waals surface area contributed by atoms with Crippen LogP contribution in [0.3, 0.4) is 0 Å². The van der Waals surface area contributed by atoms with Crippen molar-refractivity contribution < 1.29 is 19.4 Å². The number of nitrogens with zero attached hydrogens (tertiary/aromatic N) is 1. The maximum Gasteiger partial charge on any atom is 0.313 e. The SMILES string of the molecule is N#CC1(OC(=O)CC(=O)[O-])CCCCC1. The molecule has 1 rings (SSSR count). The molecule has 0 heterocycles. The van der Waals surface area contributed by atoms with Crippen molar-refractivity contribution in [2.45, 2.75) is 44.1 Å². The van der Waals surface area contributed by atoms with Crippen molar-refractivity contribution in [3.63, 3.8) is 0 Å². The fourth-order valence-electron chi connectivity index (χ4n) is 1.73. The van der Waals surface area contributed by atoms with Crippen LogP contribution in [0.15, 0.2) is 0 Å². The normalized spacial score (nSPS) is 18.9. The monoisotopic (exact) mass is 210 g/mol. The van der Waals surface area contributed by atoms with Crippen molar-refractivity contribution in [1.29, 1.82) is 5.26 Å². The molecule has 0 aliphatic heterocycles. The summed E-state index contributed by atoms with van der Waals surface area (Å²) >= 11 is 0. The van der Waals surface area contributed by atoms with E-state index in [0.717, 1.165) is 19.3 Å². The summed E-state index contributed by atoms with van der Waals surface area (Å²) in [7, 11) is 0. The van der Waals surface area contributed by atoms with Gasteiger partial charge in [0, 0.05) is 12.8 Å². The Hall–Kier alpha value is -1.57. The largest absolute Gasteiger partial charge is 0.550 e. The third kappa shape index (κ3) is 3.24. The maximum atomic E-state index is 11.1. The Balaban J connectivity index is 2.56. The number of ether oxygens (including phenoxy) is 1. The fraction of sp³-hybridized carbons (Fsp3) is 0.700. The molecule has 5 nitrogen and oxygen atoms in total. The summed E-state index contributed by atoms with van der Waals surface area (Å²) in [5.74, 6) is -2.37. The van der Waals surface area contributed by atoms with Crippen LogP contribution in [0.25, 0.3) is 0 Å². The minimum absolute atomic E-state index is 0.488. The van der Waals surface area contributed by atoms with Crippen LogP contribution >= 0.6 is 0 Å². The summed E-state index contributed by atoms with van der Waals surface area (Å²) in [6.07, 6.45) is 2.85. The van der Waals surface area contributed by atoms with E-state index in [4.69, 9.17) is 10.00 Å². The first-order valence-corrected chi connectivity index (χ1v) is 4.91. The topological polar surface area (TPSA) is 90.2 Å². The summed E-state index contributed by atoms with van der Waals surface area (Å²) < 4.78 is 4.92. The van der Waals surface area contributed by atoms with Crippen LogP contribution in [0, 0.1) is 11.3 Å². The van der Waals surface area contributed by atoms with Crippen LogP contribution in [0.4, 0.5) is 0 Å². The Morgan fingerprint density at radius 2 is 1.93 bits per heavy atom. The number of hydrogen-bond donors (Lipinski definition) is 0. The predicted octanol–water partition coefficient (Wildman–Crippen LogP) is -0.104. The van der Waals surface area contributed by atoms with E-state index < -0.39 is 24.0 Å². The maximum absolute atomic E-state index is 11.1. The highest BCUT2D eigenvalue weighted by Gasteiger charge is 2.35. The number of carboxylic acid groups (broad SMARTS) is 1. The molecule has 1 aliphatic rings. The van der Waals surface area contributed by atoms with Gasteiger partial charge < -0.3 is 14.6 Å². The first-order valence-electron chi connectivity index (χ1n) is 4.91. The van der Waals surface area contributed by atoms with Crippen LogP contribution in [-0.4, -0.2) is 17.5 Å². The lowest BCUT2D eigenvalue weighted by molar-refractivity contribution is -0.305. The van der Waals surface area contributed by atoms with Gasteiger partial charge in [-0.05, 0) is 12.8 Å². The number of nitriles is 1. The van der Waals surface area contributed by atoms with Gasteiger partial charge in [-0.2, -0.15) is 5.26 Å². The summed E-state index contributed by atoms with van der Waals surface area (Å²) in [4.78, 5) is 21.2. The molecule has 0 unspecified atom stereocenters. The van der Waals surface area contributed by atoms with E-state index in [1.54, 1.807) is 0 Å². The molecule has 1 aliphatic carbocycles. The lowest BCUT2D eigenvalue weighted by Crippen LogP contribution is -2.37. The molecule has 1 saturated carbocycles. The van der Waals surface area contributed by atoms with Crippen LogP contribution in [-0.2, 0) is 14.3 Å². The zero-order valence-corrected chi connectivity index (χ0v) is 8.32. The van der Waals surface area contributed by atoms with Crippen molar-refractivity contribution in [2.24, 2.45) is 0 Å². The van der Waals surface area contributed by atoms with E-state index in [1.807, 2.05) is 6.07 Å². The summed E-state index contributed by atoms with van der Waals surface area (Å²) in [5, 5.41) is 19.1. The lowest BCUT2D eigenvalue weighted by Gasteiger charge is -2.30. The Morgan fingerprint density at radius 3 is 2.40 bits per heavy atom. The van der Waals surface area contributed by atoms with Gasteiger partial charge in [0.05, 0.1) is 12.4 Å². The molecule has 0 amide bonds. The first kappa shape index (κ1) is 11.5. The number of carbonyl (C=O) groups is 2. The number of esters is 1. The Bertz CT molecular complexity index is 299. The second-order valence-electron chi connectivity index (χ2n) is 3.69. The van der Waals surface area contributed by atoms with Crippen LogP contribution in [0.5, 0.6) is 0 Å². The lowest BCUT2D eigenvalue weighted by atomic mass is 9.86. The quantitative estimate of drug-likeness (QED) is 0.479. The van der Waals surface area contributed by atoms with Gasteiger partial charge in [-0.15, -0.1) is 0 Å². The van der Waals surface area contributed by atoms with Gasteiger partial charge in [-0.25, -0.2) is 0 Å². The van der Waals surface area contributed by atoms with Crippen LogP contribution in [0.1, 0.15) is 38.5 Å². The second-order valence-corrected chi connectivity index (χ2v) is 3.69. The standard InChI is InChI=1S/C10H13NO4/c11-7-10(4-2-1-3-5-10)15-9(14)6-8(12)13/h1-6H2,(H,12,13)/p-1. The van der Waals surface area contributed by atoms with Gasteiger partial charge in [0.1, 0.15) is 6.07 Å². The molecule has 0 aromatic carbocycles. The molecular weight excluding hydrogens is 198 g/mol. The highest BCUT2D eigenvalue weighted by Crippen LogP contribution is 2.31. The first-order chi connectivity index (χ1) is 7.08. The molecule has 82 valence electrons. The van der Waals surface area contributed by atoms with Crippen molar-refractivity contribution in [3.05, 3.63) is 0 Å². The van der Waals surface area contributed by atoms with Crippen molar-refractivity contribution in [3.8, 4) is 6.07 Å². The number of aliphatic carboxylic acids is 1. The molecule has 15 heavy (non-hydrogen) atoms. The van der Waals surface area contributed by atoms with E-state index in [-0.39, 0.29) is 0 Å². The third-order valence-corrected chi connectivity index (χ3v) is 2.46. The molecular formula is C10H12NO4-. The zero-order valence-electron chi connectivity index (χ0n) is 8.32. The Kier molecular flexibility index (Phi) is 3.67. The smallest absolute Gasteiger partial charge is 0.313 e. The van der Waals surface area contributed by atoms with E-state index in [0.29, 0.717) is 12.8 Å². The average molecular weight is 210 g/mol. The number of carbonyl (C=O) groups excluding carboxylic acids is 2. The zero-order chi connectivity index (χ0) is 11.3. The van der Waals surface area contributed by atoms with Gasteiger partial charge >= 0.3 is 5.97 Å².